The highest BCUT2D eigenvalue weighted by molar-refractivity contribution is 7.99. The minimum Gasteiger partial charge on any atom is -0.316 e. The molecule has 1 rings (SSSR count). The minimum absolute atomic E-state index is 0.559. The van der Waals surface area contributed by atoms with E-state index in [4.69, 9.17) is 0 Å². The first-order valence-corrected chi connectivity index (χ1v) is 5.94. The Labute approximate surface area is 89.3 Å². The van der Waals surface area contributed by atoms with E-state index in [1.807, 2.05) is 14.0 Å². The smallest absolute Gasteiger partial charge is 0.208 e. The lowest BCUT2D eigenvalue weighted by molar-refractivity contribution is 0.564. The Morgan fingerprint density at radius 1 is 1.57 bits per heavy atom. The third kappa shape index (κ3) is 3.67. The lowest BCUT2D eigenvalue weighted by Gasteiger charge is -2.12. The molecule has 80 valence electrons. The largest absolute Gasteiger partial charge is 0.316 e. The molecule has 0 aliphatic rings. The molecule has 0 bridgehead atoms. The molecule has 4 nitrogen and oxygen atoms in total. The van der Waals surface area contributed by atoms with Crippen molar-refractivity contribution < 1.29 is 0 Å². The first kappa shape index (κ1) is 11.5. The second kappa shape index (κ2) is 6.03. The van der Waals surface area contributed by atoms with E-state index in [0.717, 1.165) is 16.7 Å². The van der Waals surface area contributed by atoms with Gasteiger partial charge in [0.15, 0.2) is 0 Å². The maximum Gasteiger partial charge on any atom is 0.208 e. The summed E-state index contributed by atoms with van der Waals surface area (Å²) in [4.78, 5) is 4.25. The number of aromatic nitrogens is 3. The topological polar surface area (TPSA) is 53.6 Å². The van der Waals surface area contributed by atoms with Gasteiger partial charge in [-0.15, -0.1) is 5.10 Å². The van der Waals surface area contributed by atoms with Gasteiger partial charge < -0.3 is 5.32 Å². The van der Waals surface area contributed by atoms with Crippen molar-refractivity contribution >= 4 is 11.8 Å². The van der Waals surface area contributed by atoms with Crippen LogP contribution in [0.25, 0.3) is 0 Å². The SMILES string of the molecule is CCCC(CSc1n[nH]c(C)n1)NC. The molecule has 0 saturated heterocycles. The Bertz CT molecular complexity index is 261. The fourth-order valence-corrected chi connectivity index (χ4v) is 2.22. The number of aryl methyl sites for hydroxylation is 1. The van der Waals surface area contributed by atoms with Crippen molar-refractivity contribution in [2.45, 2.75) is 37.9 Å². The van der Waals surface area contributed by atoms with Crippen LogP contribution in [0.4, 0.5) is 0 Å². The molecule has 0 amide bonds. The van der Waals surface area contributed by atoms with E-state index >= 15 is 0 Å². The molecule has 0 fully saturated rings. The van der Waals surface area contributed by atoms with E-state index in [0.29, 0.717) is 6.04 Å². The zero-order chi connectivity index (χ0) is 10.4. The number of nitrogens with one attached hydrogen (secondary N) is 2. The van der Waals surface area contributed by atoms with Crippen LogP contribution in [0.15, 0.2) is 5.16 Å². The molecule has 5 heteroatoms. The van der Waals surface area contributed by atoms with Crippen LogP contribution in [-0.2, 0) is 0 Å². The summed E-state index contributed by atoms with van der Waals surface area (Å²) in [5, 5.41) is 11.1. The van der Waals surface area contributed by atoms with Gasteiger partial charge >= 0.3 is 0 Å². The Morgan fingerprint density at radius 3 is 2.86 bits per heavy atom. The molecule has 1 aromatic heterocycles. The van der Waals surface area contributed by atoms with Crippen LogP contribution in [0.5, 0.6) is 0 Å². The molecule has 0 saturated carbocycles. The van der Waals surface area contributed by atoms with Crippen molar-refractivity contribution in [3.8, 4) is 0 Å². The molecule has 0 aliphatic heterocycles. The van der Waals surface area contributed by atoms with Gasteiger partial charge in [0.2, 0.25) is 5.16 Å². The van der Waals surface area contributed by atoms with Crippen molar-refractivity contribution in [1.29, 1.82) is 0 Å². The van der Waals surface area contributed by atoms with Gasteiger partial charge in [0, 0.05) is 11.8 Å². The van der Waals surface area contributed by atoms with Crippen LogP contribution in [0, 0.1) is 6.92 Å². The van der Waals surface area contributed by atoms with Crippen molar-refractivity contribution in [2.75, 3.05) is 12.8 Å². The molecule has 1 aromatic rings. The molecule has 1 heterocycles. The van der Waals surface area contributed by atoms with Crippen molar-refractivity contribution in [3.05, 3.63) is 5.82 Å². The summed E-state index contributed by atoms with van der Waals surface area (Å²) in [5.74, 6) is 1.91. The van der Waals surface area contributed by atoms with Crippen molar-refractivity contribution in [1.82, 2.24) is 20.5 Å². The maximum absolute atomic E-state index is 4.25. The van der Waals surface area contributed by atoms with E-state index in [1.54, 1.807) is 11.8 Å². The van der Waals surface area contributed by atoms with Gasteiger partial charge in [0.25, 0.3) is 0 Å². The number of aromatic amines is 1. The third-order valence-corrected chi connectivity index (χ3v) is 3.05. The second-order valence-electron chi connectivity index (χ2n) is 3.29. The fourth-order valence-electron chi connectivity index (χ4n) is 1.22. The molecule has 1 unspecified atom stereocenters. The highest BCUT2D eigenvalue weighted by atomic mass is 32.2. The Hall–Kier alpha value is -0.550. The van der Waals surface area contributed by atoms with Crippen LogP contribution < -0.4 is 5.32 Å². The highest BCUT2D eigenvalue weighted by Gasteiger charge is 2.07. The predicted molar refractivity (Wildman–Crippen MR) is 59.6 cm³/mol. The quantitative estimate of drug-likeness (QED) is 0.706. The van der Waals surface area contributed by atoms with Crippen LogP contribution in [0.3, 0.4) is 0 Å². The molecule has 2 N–H and O–H groups in total. The number of hydrogen-bond donors (Lipinski definition) is 2. The summed E-state index contributed by atoms with van der Waals surface area (Å²) >= 11 is 1.70. The van der Waals surface area contributed by atoms with Gasteiger partial charge in [-0.05, 0) is 20.4 Å². The third-order valence-electron chi connectivity index (χ3n) is 2.04. The van der Waals surface area contributed by atoms with Gasteiger partial charge in [-0.3, -0.25) is 5.10 Å². The molecule has 0 aromatic carbocycles. The van der Waals surface area contributed by atoms with Gasteiger partial charge in [0.1, 0.15) is 5.82 Å². The zero-order valence-electron chi connectivity index (χ0n) is 9.00. The molecule has 14 heavy (non-hydrogen) atoms. The second-order valence-corrected chi connectivity index (χ2v) is 4.28. The predicted octanol–water partition coefficient (Wildman–Crippen LogP) is 1.59. The van der Waals surface area contributed by atoms with Crippen LogP contribution in [-0.4, -0.2) is 34.0 Å². The van der Waals surface area contributed by atoms with Gasteiger partial charge in [-0.2, -0.15) is 0 Å². The average Bonchev–Trinajstić information content (AvgIpc) is 2.59. The van der Waals surface area contributed by atoms with Crippen molar-refractivity contribution in [2.24, 2.45) is 0 Å². The summed E-state index contributed by atoms with van der Waals surface area (Å²) in [6.45, 7) is 4.12. The molecular weight excluding hydrogens is 196 g/mol. The van der Waals surface area contributed by atoms with E-state index in [9.17, 15) is 0 Å². The highest BCUT2D eigenvalue weighted by Crippen LogP contribution is 2.14. The average molecular weight is 214 g/mol. The van der Waals surface area contributed by atoms with Gasteiger partial charge in [-0.1, -0.05) is 25.1 Å². The molecule has 0 radical (unpaired) electrons. The molecule has 1 atom stereocenters. The molecule has 0 aliphatic carbocycles. The summed E-state index contributed by atoms with van der Waals surface area (Å²) in [7, 11) is 2.00. The number of nitrogens with zero attached hydrogens (tertiary/aromatic N) is 2. The van der Waals surface area contributed by atoms with Crippen LogP contribution in [0.1, 0.15) is 25.6 Å². The van der Waals surface area contributed by atoms with Crippen LogP contribution in [0.2, 0.25) is 0 Å². The zero-order valence-corrected chi connectivity index (χ0v) is 9.82. The summed E-state index contributed by atoms with van der Waals surface area (Å²) in [6, 6.07) is 0.559. The first-order valence-electron chi connectivity index (χ1n) is 4.95. The minimum atomic E-state index is 0.559. The van der Waals surface area contributed by atoms with Gasteiger partial charge in [-0.25, -0.2) is 4.98 Å². The first-order chi connectivity index (χ1) is 6.76. The van der Waals surface area contributed by atoms with Crippen LogP contribution >= 0.6 is 11.8 Å². The fraction of sp³-hybridized carbons (Fsp3) is 0.778. The van der Waals surface area contributed by atoms with E-state index < -0.39 is 0 Å². The Kier molecular flexibility index (Phi) is 4.97. The Morgan fingerprint density at radius 2 is 2.36 bits per heavy atom. The molecular formula is C9H18N4S. The number of rotatable bonds is 6. The van der Waals surface area contributed by atoms with E-state index in [1.165, 1.54) is 12.8 Å². The standard InChI is InChI=1S/C9H18N4S/c1-4-5-8(10-3)6-14-9-11-7(2)12-13-9/h8,10H,4-6H2,1-3H3,(H,11,12,13). The lowest BCUT2D eigenvalue weighted by atomic mass is 10.2. The number of hydrogen-bond acceptors (Lipinski definition) is 4. The number of thioether (sulfide) groups is 1. The normalized spacial score (nSPS) is 13.1. The summed E-state index contributed by atoms with van der Waals surface area (Å²) < 4.78 is 0. The van der Waals surface area contributed by atoms with Crippen molar-refractivity contribution in [3.63, 3.8) is 0 Å². The van der Waals surface area contributed by atoms with E-state index in [2.05, 4.69) is 27.4 Å². The van der Waals surface area contributed by atoms with E-state index in [-0.39, 0.29) is 0 Å². The number of H-pyrrole nitrogens is 1. The van der Waals surface area contributed by atoms with Gasteiger partial charge in [0.05, 0.1) is 0 Å². The lowest BCUT2D eigenvalue weighted by Crippen LogP contribution is -2.27. The monoisotopic (exact) mass is 214 g/mol. The molecule has 0 spiro atoms. The maximum atomic E-state index is 4.25. The summed E-state index contributed by atoms with van der Waals surface area (Å²) in [6.07, 6.45) is 2.41. The Balaban J connectivity index is 2.31. The summed E-state index contributed by atoms with van der Waals surface area (Å²) in [5.41, 5.74) is 0.